The maximum Gasteiger partial charge on any atom is 0.244 e. The maximum absolute atomic E-state index is 11.8. The van der Waals surface area contributed by atoms with Crippen LogP contribution in [0.5, 0.6) is 0 Å². The average molecular weight is 288 g/mol. The Kier molecular flexibility index (Phi) is 4.85. The van der Waals surface area contributed by atoms with Gasteiger partial charge in [-0.25, -0.2) is 5.43 Å². The largest absolute Gasteiger partial charge is 0.273 e. The highest BCUT2D eigenvalue weighted by Gasteiger charge is 2.03. The summed E-state index contributed by atoms with van der Waals surface area (Å²) in [6.07, 6.45) is 3.65. The number of hydrogen-bond donors (Lipinski definition) is 1. The second kappa shape index (κ2) is 6.82. The van der Waals surface area contributed by atoms with E-state index in [2.05, 4.69) is 15.5 Å². The first-order valence-corrected chi connectivity index (χ1v) is 6.51. The van der Waals surface area contributed by atoms with Gasteiger partial charge in [-0.05, 0) is 30.7 Å². The lowest BCUT2D eigenvalue weighted by Gasteiger charge is -2.03. The summed E-state index contributed by atoms with van der Waals surface area (Å²) in [5.74, 6) is -0.171. The third-order valence-electron chi connectivity index (χ3n) is 2.71. The molecule has 0 saturated carbocycles. The van der Waals surface area contributed by atoms with Gasteiger partial charge in [0.1, 0.15) is 0 Å². The highest BCUT2D eigenvalue weighted by molar-refractivity contribution is 6.30. The molecule has 0 spiro atoms. The molecule has 0 bridgehead atoms. The molecule has 0 atom stereocenters. The number of nitrogens with one attached hydrogen (secondary N) is 1. The summed E-state index contributed by atoms with van der Waals surface area (Å²) in [6, 6.07) is 10.9. The van der Waals surface area contributed by atoms with Crippen molar-refractivity contribution >= 4 is 23.2 Å². The molecule has 0 saturated heterocycles. The maximum atomic E-state index is 11.8. The molecule has 102 valence electrons. The van der Waals surface area contributed by atoms with E-state index in [1.165, 1.54) is 0 Å². The molecule has 4 nitrogen and oxygen atoms in total. The first-order valence-electron chi connectivity index (χ1n) is 6.13. The molecule has 1 aromatic heterocycles. The summed E-state index contributed by atoms with van der Waals surface area (Å²) < 4.78 is 0. The highest BCUT2D eigenvalue weighted by Crippen LogP contribution is 2.09. The van der Waals surface area contributed by atoms with Crippen molar-refractivity contribution in [3.63, 3.8) is 0 Å². The van der Waals surface area contributed by atoms with Crippen molar-refractivity contribution in [2.45, 2.75) is 13.3 Å². The van der Waals surface area contributed by atoms with E-state index < -0.39 is 0 Å². The zero-order valence-corrected chi connectivity index (χ0v) is 11.8. The minimum atomic E-state index is -0.171. The summed E-state index contributed by atoms with van der Waals surface area (Å²) in [6.45, 7) is 1.82. The third kappa shape index (κ3) is 4.17. The van der Waals surface area contributed by atoms with Gasteiger partial charge in [-0.1, -0.05) is 29.8 Å². The number of amides is 1. The lowest BCUT2D eigenvalue weighted by atomic mass is 10.1. The van der Waals surface area contributed by atoms with E-state index in [-0.39, 0.29) is 12.3 Å². The number of carbonyl (C=O) groups is 1. The molecule has 2 rings (SSSR count). The van der Waals surface area contributed by atoms with Crippen molar-refractivity contribution in [2.75, 3.05) is 0 Å². The molecular formula is C15H14ClN3O. The molecule has 1 N–H and O–H groups in total. The first kappa shape index (κ1) is 14.2. The van der Waals surface area contributed by atoms with Crippen LogP contribution in [-0.4, -0.2) is 16.6 Å². The Morgan fingerprint density at radius 1 is 1.30 bits per heavy atom. The fraction of sp³-hybridized carbons (Fsp3) is 0.133. The van der Waals surface area contributed by atoms with E-state index in [9.17, 15) is 4.79 Å². The molecule has 1 aromatic carbocycles. The number of benzene rings is 1. The fourth-order valence-electron chi connectivity index (χ4n) is 1.61. The zero-order valence-electron chi connectivity index (χ0n) is 11.0. The SMILES string of the molecule is C/C(=N\NC(=O)Cc1ccc(Cl)cc1)c1cccnc1. The molecule has 1 heterocycles. The van der Waals surface area contributed by atoms with E-state index >= 15 is 0 Å². The topological polar surface area (TPSA) is 54.4 Å². The Balaban J connectivity index is 1.93. The normalized spacial score (nSPS) is 11.2. The van der Waals surface area contributed by atoms with Crippen LogP contribution in [0.25, 0.3) is 0 Å². The van der Waals surface area contributed by atoms with Crippen LogP contribution in [0.3, 0.4) is 0 Å². The number of aromatic nitrogens is 1. The molecule has 0 unspecified atom stereocenters. The minimum absolute atomic E-state index is 0.171. The second-order valence-electron chi connectivity index (χ2n) is 4.28. The molecule has 5 heteroatoms. The predicted octanol–water partition coefficient (Wildman–Crippen LogP) is 2.82. The number of halogens is 1. The van der Waals surface area contributed by atoms with Gasteiger partial charge >= 0.3 is 0 Å². The number of pyridine rings is 1. The Labute approximate surface area is 122 Å². The Bertz CT molecular complexity index is 609. The van der Waals surface area contributed by atoms with Crippen LogP contribution in [0.2, 0.25) is 5.02 Å². The van der Waals surface area contributed by atoms with Gasteiger partial charge in [0.15, 0.2) is 0 Å². The van der Waals surface area contributed by atoms with Crippen molar-refractivity contribution in [1.29, 1.82) is 0 Å². The summed E-state index contributed by atoms with van der Waals surface area (Å²) >= 11 is 5.79. The van der Waals surface area contributed by atoms with Gasteiger partial charge in [-0.2, -0.15) is 5.10 Å². The highest BCUT2D eigenvalue weighted by atomic mass is 35.5. The van der Waals surface area contributed by atoms with Crippen LogP contribution in [0.4, 0.5) is 0 Å². The van der Waals surface area contributed by atoms with Gasteiger partial charge in [0.25, 0.3) is 0 Å². The van der Waals surface area contributed by atoms with Crippen LogP contribution in [0.15, 0.2) is 53.9 Å². The van der Waals surface area contributed by atoms with Crippen molar-refractivity contribution in [3.05, 3.63) is 64.9 Å². The quantitative estimate of drug-likeness (QED) is 0.694. The van der Waals surface area contributed by atoms with Gasteiger partial charge in [0.05, 0.1) is 12.1 Å². The Morgan fingerprint density at radius 3 is 2.70 bits per heavy atom. The Hall–Kier alpha value is -2.20. The molecule has 0 fully saturated rings. The van der Waals surface area contributed by atoms with Crippen LogP contribution >= 0.6 is 11.6 Å². The van der Waals surface area contributed by atoms with Gasteiger partial charge in [-0.3, -0.25) is 9.78 Å². The lowest BCUT2D eigenvalue weighted by Crippen LogP contribution is -2.21. The third-order valence-corrected chi connectivity index (χ3v) is 2.96. The van der Waals surface area contributed by atoms with E-state index in [0.717, 1.165) is 11.1 Å². The number of rotatable bonds is 4. The van der Waals surface area contributed by atoms with Crippen molar-refractivity contribution in [2.24, 2.45) is 5.10 Å². The first-order chi connectivity index (χ1) is 9.65. The van der Waals surface area contributed by atoms with Crippen molar-refractivity contribution in [3.8, 4) is 0 Å². The number of hydrogen-bond acceptors (Lipinski definition) is 3. The van der Waals surface area contributed by atoms with Gasteiger partial charge in [-0.15, -0.1) is 0 Å². The molecular weight excluding hydrogens is 274 g/mol. The summed E-state index contributed by atoms with van der Waals surface area (Å²) in [4.78, 5) is 15.8. The van der Waals surface area contributed by atoms with Crippen molar-refractivity contribution < 1.29 is 4.79 Å². The molecule has 1 amide bonds. The number of nitrogens with zero attached hydrogens (tertiary/aromatic N) is 2. The molecule has 0 radical (unpaired) electrons. The van der Waals surface area contributed by atoms with Gasteiger partial charge < -0.3 is 0 Å². The van der Waals surface area contributed by atoms with Crippen LogP contribution in [-0.2, 0) is 11.2 Å². The molecule has 20 heavy (non-hydrogen) atoms. The monoisotopic (exact) mass is 287 g/mol. The van der Waals surface area contributed by atoms with E-state index in [0.29, 0.717) is 10.7 Å². The second-order valence-corrected chi connectivity index (χ2v) is 4.71. The predicted molar refractivity (Wildman–Crippen MR) is 79.7 cm³/mol. The summed E-state index contributed by atoms with van der Waals surface area (Å²) in [7, 11) is 0. The van der Waals surface area contributed by atoms with Gasteiger partial charge in [0.2, 0.25) is 5.91 Å². The Morgan fingerprint density at radius 2 is 2.05 bits per heavy atom. The van der Waals surface area contributed by atoms with E-state index in [1.807, 2.05) is 31.2 Å². The average Bonchev–Trinajstić information content (AvgIpc) is 2.48. The fourth-order valence-corrected chi connectivity index (χ4v) is 1.74. The summed E-state index contributed by atoms with van der Waals surface area (Å²) in [5.41, 5.74) is 5.01. The van der Waals surface area contributed by atoms with Crippen molar-refractivity contribution in [1.82, 2.24) is 10.4 Å². The van der Waals surface area contributed by atoms with Crippen LogP contribution in [0, 0.1) is 0 Å². The van der Waals surface area contributed by atoms with Crippen LogP contribution < -0.4 is 5.43 Å². The minimum Gasteiger partial charge on any atom is -0.273 e. The number of carbonyl (C=O) groups excluding carboxylic acids is 1. The molecule has 0 aliphatic rings. The smallest absolute Gasteiger partial charge is 0.244 e. The molecule has 0 aliphatic heterocycles. The van der Waals surface area contributed by atoms with E-state index in [1.54, 1.807) is 24.5 Å². The molecule has 0 aliphatic carbocycles. The summed E-state index contributed by atoms with van der Waals surface area (Å²) in [5, 5.41) is 4.71. The van der Waals surface area contributed by atoms with Gasteiger partial charge in [0, 0.05) is 23.0 Å². The van der Waals surface area contributed by atoms with E-state index in [4.69, 9.17) is 11.6 Å². The lowest BCUT2D eigenvalue weighted by molar-refractivity contribution is -0.120. The van der Waals surface area contributed by atoms with Crippen LogP contribution in [0.1, 0.15) is 18.1 Å². The zero-order chi connectivity index (χ0) is 14.4. The standard InChI is InChI=1S/C15H14ClN3O/c1-11(13-3-2-8-17-10-13)18-19-15(20)9-12-4-6-14(16)7-5-12/h2-8,10H,9H2,1H3,(H,19,20)/b18-11+. The molecule has 2 aromatic rings. The number of hydrazone groups is 1.